The first kappa shape index (κ1) is 13.6. The summed E-state index contributed by atoms with van der Waals surface area (Å²) < 4.78 is 7.51. The molecule has 0 aliphatic carbocycles. The second-order valence-electron chi connectivity index (χ2n) is 4.58. The molecule has 0 radical (unpaired) electrons. The lowest BCUT2D eigenvalue weighted by atomic mass is 10.1. The normalized spacial score (nSPS) is 10.7. The Bertz CT molecular complexity index is 517. The zero-order chi connectivity index (χ0) is 13.7. The number of benzene rings is 1. The number of ether oxygens (including phenoxy) is 1. The molecule has 2 rings (SSSR count). The predicted molar refractivity (Wildman–Crippen MR) is 76.9 cm³/mol. The Morgan fingerprint density at radius 1 is 1.26 bits per heavy atom. The molecule has 1 aromatic heterocycles. The number of aromatic nitrogens is 2. The van der Waals surface area contributed by atoms with Crippen LogP contribution in [0.25, 0.3) is 11.3 Å². The molecule has 0 fully saturated rings. The Labute approximate surface area is 114 Å². The zero-order valence-corrected chi connectivity index (χ0v) is 11.6. The number of aryl methyl sites for hydroxylation is 1. The van der Waals surface area contributed by atoms with Crippen molar-refractivity contribution in [1.82, 2.24) is 9.78 Å². The highest BCUT2D eigenvalue weighted by molar-refractivity contribution is 5.61. The van der Waals surface area contributed by atoms with Crippen molar-refractivity contribution in [2.24, 2.45) is 12.8 Å². The van der Waals surface area contributed by atoms with E-state index in [1.165, 1.54) is 0 Å². The van der Waals surface area contributed by atoms with E-state index in [1.54, 1.807) is 0 Å². The third-order valence-corrected chi connectivity index (χ3v) is 3.06. The van der Waals surface area contributed by atoms with Gasteiger partial charge in [-0.15, -0.1) is 0 Å². The molecule has 0 unspecified atom stereocenters. The molecule has 4 heteroatoms. The summed E-state index contributed by atoms with van der Waals surface area (Å²) in [6.07, 6.45) is 2.23. The van der Waals surface area contributed by atoms with Crippen molar-refractivity contribution in [3.05, 3.63) is 36.0 Å². The molecule has 1 heterocycles. The van der Waals surface area contributed by atoms with Crippen molar-refractivity contribution >= 4 is 0 Å². The molecule has 0 bridgehead atoms. The van der Waals surface area contributed by atoms with E-state index in [0.717, 1.165) is 42.1 Å². The van der Waals surface area contributed by atoms with E-state index < -0.39 is 0 Å². The minimum Gasteiger partial charge on any atom is -0.494 e. The lowest BCUT2D eigenvalue weighted by Gasteiger charge is -2.06. The van der Waals surface area contributed by atoms with Gasteiger partial charge in [-0.2, -0.15) is 5.10 Å². The largest absolute Gasteiger partial charge is 0.494 e. The van der Waals surface area contributed by atoms with Gasteiger partial charge in [0, 0.05) is 19.2 Å². The lowest BCUT2D eigenvalue weighted by Crippen LogP contribution is -1.99. The summed E-state index contributed by atoms with van der Waals surface area (Å²) in [7, 11) is 1.93. The van der Waals surface area contributed by atoms with Gasteiger partial charge in [-0.3, -0.25) is 4.68 Å². The second-order valence-corrected chi connectivity index (χ2v) is 4.58. The van der Waals surface area contributed by atoms with Gasteiger partial charge in [0.15, 0.2) is 0 Å². The van der Waals surface area contributed by atoms with Crippen LogP contribution in [-0.4, -0.2) is 16.4 Å². The monoisotopic (exact) mass is 259 g/mol. The van der Waals surface area contributed by atoms with E-state index in [4.69, 9.17) is 10.5 Å². The van der Waals surface area contributed by atoms with Gasteiger partial charge in [-0.05, 0) is 36.8 Å². The molecule has 19 heavy (non-hydrogen) atoms. The van der Waals surface area contributed by atoms with Crippen LogP contribution in [0, 0.1) is 0 Å². The average Bonchev–Trinajstić information content (AvgIpc) is 2.81. The van der Waals surface area contributed by atoms with Gasteiger partial charge in [-0.1, -0.05) is 13.3 Å². The Hall–Kier alpha value is -1.81. The molecule has 2 aromatic rings. The Kier molecular flexibility index (Phi) is 4.58. The molecule has 0 saturated heterocycles. The van der Waals surface area contributed by atoms with E-state index in [-0.39, 0.29) is 0 Å². The van der Waals surface area contributed by atoms with Crippen LogP contribution in [0.4, 0.5) is 0 Å². The molecule has 0 saturated carbocycles. The van der Waals surface area contributed by atoms with E-state index >= 15 is 0 Å². The number of hydrogen-bond acceptors (Lipinski definition) is 3. The summed E-state index contributed by atoms with van der Waals surface area (Å²) in [6, 6.07) is 10.1. The SMILES string of the molecule is CCCCOc1ccc(-c2cc(CN)nn2C)cc1. The summed E-state index contributed by atoms with van der Waals surface area (Å²) in [4.78, 5) is 0. The molecular weight excluding hydrogens is 238 g/mol. The van der Waals surface area contributed by atoms with Gasteiger partial charge in [0.1, 0.15) is 5.75 Å². The molecule has 0 aliphatic heterocycles. The maximum atomic E-state index is 5.65. The summed E-state index contributed by atoms with van der Waals surface area (Å²) >= 11 is 0. The fourth-order valence-corrected chi connectivity index (χ4v) is 1.95. The topological polar surface area (TPSA) is 53.1 Å². The molecule has 0 spiro atoms. The summed E-state index contributed by atoms with van der Waals surface area (Å²) in [5.41, 5.74) is 8.70. The van der Waals surface area contributed by atoms with Crippen LogP contribution in [0.5, 0.6) is 5.75 Å². The fraction of sp³-hybridized carbons (Fsp3) is 0.400. The van der Waals surface area contributed by atoms with Gasteiger partial charge in [-0.25, -0.2) is 0 Å². The summed E-state index contributed by atoms with van der Waals surface area (Å²) in [6.45, 7) is 3.40. The van der Waals surface area contributed by atoms with Gasteiger partial charge in [0.2, 0.25) is 0 Å². The third-order valence-electron chi connectivity index (χ3n) is 3.06. The fourth-order valence-electron chi connectivity index (χ4n) is 1.95. The van der Waals surface area contributed by atoms with E-state index in [1.807, 2.05) is 29.9 Å². The van der Waals surface area contributed by atoms with Crippen LogP contribution in [0.2, 0.25) is 0 Å². The molecule has 2 N–H and O–H groups in total. The average molecular weight is 259 g/mol. The smallest absolute Gasteiger partial charge is 0.119 e. The Morgan fingerprint density at radius 3 is 2.58 bits per heavy atom. The van der Waals surface area contributed by atoms with E-state index in [9.17, 15) is 0 Å². The number of hydrogen-bond donors (Lipinski definition) is 1. The standard InChI is InChI=1S/C15H21N3O/c1-3-4-9-19-14-7-5-12(6-8-14)15-10-13(11-16)17-18(15)2/h5-8,10H,3-4,9,11,16H2,1-2H3. The number of rotatable bonds is 6. The van der Waals surface area contributed by atoms with Crippen LogP contribution < -0.4 is 10.5 Å². The van der Waals surface area contributed by atoms with E-state index in [0.29, 0.717) is 6.54 Å². The number of nitrogens with zero attached hydrogens (tertiary/aromatic N) is 2. The highest BCUT2D eigenvalue weighted by Gasteiger charge is 2.06. The predicted octanol–water partition coefficient (Wildman–Crippen LogP) is 2.72. The van der Waals surface area contributed by atoms with Crippen LogP contribution in [-0.2, 0) is 13.6 Å². The Balaban J connectivity index is 2.10. The van der Waals surface area contributed by atoms with E-state index in [2.05, 4.69) is 24.2 Å². The first-order valence-electron chi connectivity index (χ1n) is 6.70. The first-order chi connectivity index (χ1) is 9.24. The summed E-state index contributed by atoms with van der Waals surface area (Å²) in [5.74, 6) is 0.915. The summed E-state index contributed by atoms with van der Waals surface area (Å²) in [5, 5.41) is 4.35. The minimum atomic E-state index is 0.464. The molecule has 4 nitrogen and oxygen atoms in total. The first-order valence-corrected chi connectivity index (χ1v) is 6.70. The molecule has 0 amide bonds. The van der Waals surface area contributed by atoms with Gasteiger partial charge < -0.3 is 10.5 Å². The molecular formula is C15H21N3O. The van der Waals surface area contributed by atoms with Crippen LogP contribution >= 0.6 is 0 Å². The quantitative estimate of drug-likeness (QED) is 0.811. The van der Waals surface area contributed by atoms with Crippen molar-refractivity contribution in [3.8, 4) is 17.0 Å². The zero-order valence-electron chi connectivity index (χ0n) is 11.6. The maximum absolute atomic E-state index is 5.65. The highest BCUT2D eigenvalue weighted by atomic mass is 16.5. The highest BCUT2D eigenvalue weighted by Crippen LogP contribution is 2.22. The van der Waals surface area contributed by atoms with Gasteiger partial charge in [0.05, 0.1) is 18.0 Å². The molecule has 102 valence electrons. The van der Waals surface area contributed by atoms with Crippen LogP contribution in [0.3, 0.4) is 0 Å². The van der Waals surface area contributed by atoms with Crippen LogP contribution in [0.1, 0.15) is 25.5 Å². The molecule has 0 aliphatic rings. The minimum absolute atomic E-state index is 0.464. The van der Waals surface area contributed by atoms with Crippen LogP contribution in [0.15, 0.2) is 30.3 Å². The van der Waals surface area contributed by atoms with Crippen molar-refractivity contribution in [3.63, 3.8) is 0 Å². The van der Waals surface area contributed by atoms with Crippen molar-refractivity contribution in [2.45, 2.75) is 26.3 Å². The van der Waals surface area contributed by atoms with Crippen molar-refractivity contribution < 1.29 is 4.74 Å². The third kappa shape index (κ3) is 3.35. The Morgan fingerprint density at radius 2 is 2.00 bits per heavy atom. The van der Waals surface area contributed by atoms with Crippen molar-refractivity contribution in [1.29, 1.82) is 0 Å². The lowest BCUT2D eigenvalue weighted by molar-refractivity contribution is 0.309. The molecule has 1 aromatic carbocycles. The van der Waals surface area contributed by atoms with Gasteiger partial charge >= 0.3 is 0 Å². The number of unbranched alkanes of at least 4 members (excludes halogenated alkanes) is 1. The number of nitrogens with two attached hydrogens (primary N) is 1. The maximum Gasteiger partial charge on any atom is 0.119 e. The van der Waals surface area contributed by atoms with Crippen molar-refractivity contribution in [2.75, 3.05) is 6.61 Å². The second kappa shape index (κ2) is 6.38. The molecule has 0 atom stereocenters. The van der Waals surface area contributed by atoms with Gasteiger partial charge in [0.25, 0.3) is 0 Å².